The summed E-state index contributed by atoms with van der Waals surface area (Å²) in [4.78, 5) is 14.4. The molecule has 1 saturated heterocycles. The van der Waals surface area contributed by atoms with Crippen molar-refractivity contribution in [2.24, 2.45) is 0 Å². The van der Waals surface area contributed by atoms with Crippen LogP contribution in [0.3, 0.4) is 0 Å². The molecule has 0 aliphatic carbocycles. The minimum Gasteiger partial charge on any atom is -0.375 e. The largest absolute Gasteiger partial charge is 0.375 e. The van der Waals surface area contributed by atoms with Gasteiger partial charge in [0.05, 0.1) is 19.1 Å². The summed E-state index contributed by atoms with van der Waals surface area (Å²) in [5.74, 6) is 0.00365. The Morgan fingerprint density at radius 1 is 1.17 bits per heavy atom. The molecule has 1 N–H and O–H groups in total. The molecular weight excluding hydrogens is 288 g/mol. The molecule has 1 amide bonds. The van der Waals surface area contributed by atoms with E-state index in [4.69, 9.17) is 4.74 Å². The first-order chi connectivity index (χ1) is 11.2. The zero-order valence-corrected chi connectivity index (χ0v) is 13.4. The Bertz CT molecular complexity index is 640. The van der Waals surface area contributed by atoms with Gasteiger partial charge in [0.25, 0.3) is 0 Å². The lowest BCUT2D eigenvalue weighted by molar-refractivity contribution is -0.115. The molecule has 2 aromatic rings. The van der Waals surface area contributed by atoms with E-state index in [0.717, 1.165) is 30.9 Å². The lowest BCUT2D eigenvalue weighted by Crippen LogP contribution is -2.41. The fourth-order valence-electron chi connectivity index (χ4n) is 2.79. The highest BCUT2D eigenvalue weighted by atomic mass is 16.5. The molecule has 1 fully saturated rings. The quantitative estimate of drug-likeness (QED) is 0.943. The molecule has 4 heteroatoms. The van der Waals surface area contributed by atoms with Crippen LogP contribution in [0.1, 0.15) is 12.5 Å². The van der Waals surface area contributed by atoms with Crippen LogP contribution in [0.5, 0.6) is 0 Å². The molecular formula is C19H22N2O2. The first-order valence-corrected chi connectivity index (χ1v) is 8.01. The lowest BCUT2D eigenvalue weighted by atomic mass is 10.1. The molecule has 0 aromatic heterocycles. The zero-order chi connectivity index (χ0) is 16.1. The smallest absolute Gasteiger partial charge is 0.228 e. The highest BCUT2D eigenvalue weighted by molar-refractivity contribution is 5.92. The number of anilines is 2. The van der Waals surface area contributed by atoms with Gasteiger partial charge in [0, 0.05) is 24.5 Å². The van der Waals surface area contributed by atoms with Gasteiger partial charge in [-0.05, 0) is 36.8 Å². The van der Waals surface area contributed by atoms with Gasteiger partial charge < -0.3 is 15.0 Å². The zero-order valence-electron chi connectivity index (χ0n) is 13.4. The minimum atomic E-state index is 0.00365. The van der Waals surface area contributed by atoms with Crippen molar-refractivity contribution < 1.29 is 9.53 Å². The van der Waals surface area contributed by atoms with E-state index >= 15 is 0 Å². The lowest BCUT2D eigenvalue weighted by Gasteiger charge is -2.33. The van der Waals surface area contributed by atoms with Gasteiger partial charge in [-0.15, -0.1) is 0 Å². The van der Waals surface area contributed by atoms with Crippen molar-refractivity contribution >= 4 is 17.3 Å². The van der Waals surface area contributed by atoms with Crippen molar-refractivity contribution in [3.05, 3.63) is 60.2 Å². The minimum absolute atomic E-state index is 0.00365. The number of hydrogen-bond donors (Lipinski definition) is 1. The second-order valence-electron chi connectivity index (χ2n) is 5.88. The number of ether oxygens (including phenoxy) is 1. The third-order valence-corrected chi connectivity index (χ3v) is 3.96. The maximum atomic E-state index is 12.1. The molecule has 4 nitrogen and oxygen atoms in total. The molecule has 1 atom stereocenters. The van der Waals surface area contributed by atoms with E-state index < -0.39 is 0 Å². The van der Waals surface area contributed by atoms with Crippen LogP contribution in [0.2, 0.25) is 0 Å². The van der Waals surface area contributed by atoms with Gasteiger partial charge in [-0.25, -0.2) is 0 Å². The highest BCUT2D eigenvalue weighted by Gasteiger charge is 2.16. The Balaban J connectivity index is 1.58. The number of rotatable bonds is 4. The van der Waals surface area contributed by atoms with Crippen molar-refractivity contribution in [2.75, 3.05) is 29.9 Å². The monoisotopic (exact) mass is 310 g/mol. The van der Waals surface area contributed by atoms with Crippen molar-refractivity contribution in [1.82, 2.24) is 0 Å². The highest BCUT2D eigenvalue weighted by Crippen LogP contribution is 2.20. The second kappa shape index (κ2) is 7.29. The van der Waals surface area contributed by atoms with Gasteiger partial charge in [-0.3, -0.25) is 4.79 Å². The van der Waals surface area contributed by atoms with Crippen LogP contribution >= 0.6 is 0 Å². The van der Waals surface area contributed by atoms with E-state index in [1.54, 1.807) is 0 Å². The fraction of sp³-hybridized carbons (Fsp3) is 0.316. The average Bonchev–Trinajstić information content (AvgIpc) is 2.56. The summed E-state index contributed by atoms with van der Waals surface area (Å²) < 4.78 is 5.56. The van der Waals surface area contributed by atoms with E-state index in [2.05, 4.69) is 29.3 Å². The maximum Gasteiger partial charge on any atom is 0.228 e. The van der Waals surface area contributed by atoms with Crippen LogP contribution in [0, 0.1) is 0 Å². The molecule has 120 valence electrons. The van der Waals surface area contributed by atoms with Crippen molar-refractivity contribution in [3.8, 4) is 0 Å². The second-order valence-corrected chi connectivity index (χ2v) is 5.88. The summed E-state index contributed by atoms with van der Waals surface area (Å²) in [6.45, 7) is 4.66. The summed E-state index contributed by atoms with van der Waals surface area (Å²) in [5.41, 5.74) is 3.01. The predicted octanol–water partition coefficient (Wildman–Crippen LogP) is 3.09. The molecule has 1 unspecified atom stereocenters. The molecule has 0 radical (unpaired) electrons. The third kappa shape index (κ3) is 4.33. The number of nitrogens with zero attached hydrogens (tertiary/aromatic N) is 1. The molecule has 2 aromatic carbocycles. The molecule has 23 heavy (non-hydrogen) atoms. The number of nitrogens with one attached hydrogen (secondary N) is 1. The number of benzene rings is 2. The van der Waals surface area contributed by atoms with Crippen molar-refractivity contribution in [1.29, 1.82) is 0 Å². The summed E-state index contributed by atoms with van der Waals surface area (Å²) in [6.07, 6.45) is 0.651. The Hall–Kier alpha value is -2.33. The van der Waals surface area contributed by atoms with Gasteiger partial charge >= 0.3 is 0 Å². The van der Waals surface area contributed by atoms with E-state index in [1.165, 1.54) is 5.69 Å². The van der Waals surface area contributed by atoms with E-state index in [0.29, 0.717) is 6.42 Å². The van der Waals surface area contributed by atoms with Gasteiger partial charge in [0.15, 0.2) is 0 Å². The number of carbonyl (C=O) groups is 1. The molecule has 1 aliphatic rings. The van der Waals surface area contributed by atoms with Crippen LogP contribution < -0.4 is 10.2 Å². The Kier molecular flexibility index (Phi) is 4.93. The van der Waals surface area contributed by atoms with Crippen molar-refractivity contribution in [3.63, 3.8) is 0 Å². The topological polar surface area (TPSA) is 41.6 Å². The first-order valence-electron chi connectivity index (χ1n) is 8.01. The molecule has 1 aliphatic heterocycles. The third-order valence-electron chi connectivity index (χ3n) is 3.96. The standard InChI is InChI=1S/C19H22N2O2/c1-15-14-21(11-12-23-15)18-9-7-17(8-10-18)20-19(22)13-16-5-3-2-4-6-16/h2-10,15H,11-14H2,1H3,(H,20,22). The van der Waals surface area contributed by atoms with Crippen molar-refractivity contribution in [2.45, 2.75) is 19.4 Å². The SMILES string of the molecule is CC1CN(c2ccc(NC(=O)Cc3ccccc3)cc2)CCO1. The Morgan fingerprint density at radius 2 is 1.91 bits per heavy atom. The van der Waals surface area contributed by atoms with Crippen LogP contribution in [-0.4, -0.2) is 31.7 Å². The van der Waals surface area contributed by atoms with Crippen LogP contribution in [0.15, 0.2) is 54.6 Å². The van der Waals surface area contributed by atoms with Crippen LogP contribution in [-0.2, 0) is 16.0 Å². The molecule has 0 saturated carbocycles. The predicted molar refractivity (Wildman–Crippen MR) is 92.8 cm³/mol. The van der Waals surface area contributed by atoms with Gasteiger partial charge in [0.1, 0.15) is 0 Å². The Morgan fingerprint density at radius 3 is 2.61 bits per heavy atom. The number of hydrogen-bond acceptors (Lipinski definition) is 3. The van der Waals surface area contributed by atoms with E-state index in [-0.39, 0.29) is 12.0 Å². The van der Waals surface area contributed by atoms with Gasteiger partial charge in [0.2, 0.25) is 5.91 Å². The molecule has 0 spiro atoms. The summed E-state index contributed by atoms with van der Waals surface area (Å²) in [5, 5.41) is 2.95. The first kappa shape index (κ1) is 15.6. The summed E-state index contributed by atoms with van der Waals surface area (Å²) >= 11 is 0. The van der Waals surface area contributed by atoms with Gasteiger partial charge in [-0.2, -0.15) is 0 Å². The molecule has 3 rings (SSSR count). The number of amides is 1. The van der Waals surface area contributed by atoms with E-state index in [1.807, 2.05) is 42.5 Å². The van der Waals surface area contributed by atoms with Crippen LogP contribution in [0.25, 0.3) is 0 Å². The average molecular weight is 310 g/mol. The summed E-state index contributed by atoms with van der Waals surface area (Å²) in [7, 11) is 0. The molecule has 0 bridgehead atoms. The molecule has 1 heterocycles. The van der Waals surface area contributed by atoms with Crippen LogP contribution in [0.4, 0.5) is 11.4 Å². The fourth-order valence-corrected chi connectivity index (χ4v) is 2.79. The maximum absolute atomic E-state index is 12.1. The number of morpholine rings is 1. The number of carbonyl (C=O) groups excluding carboxylic acids is 1. The summed E-state index contributed by atoms with van der Waals surface area (Å²) in [6, 6.07) is 17.8. The van der Waals surface area contributed by atoms with E-state index in [9.17, 15) is 4.79 Å². The Labute approximate surface area is 137 Å². The van der Waals surface area contributed by atoms with Gasteiger partial charge in [-0.1, -0.05) is 30.3 Å². The normalized spacial score (nSPS) is 17.8.